The molecule has 8 nitrogen and oxygen atoms in total. The molecular formula is C32H31N5O3. The van der Waals surface area contributed by atoms with Crippen LogP contribution in [0, 0.1) is 0 Å². The highest BCUT2D eigenvalue weighted by molar-refractivity contribution is 6.07. The van der Waals surface area contributed by atoms with Crippen LogP contribution in [-0.4, -0.2) is 53.1 Å². The Balaban J connectivity index is 1.60. The first kappa shape index (κ1) is 26.8. The van der Waals surface area contributed by atoms with Crippen molar-refractivity contribution in [3.8, 4) is 22.5 Å². The van der Waals surface area contributed by atoms with Gasteiger partial charge in [-0.1, -0.05) is 78.9 Å². The molecule has 3 N–H and O–H groups in total. The van der Waals surface area contributed by atoms with Crippen LogP contribution in [0.5, 0.6) is 0 Å². The number of aromatic nitrogens is 2. The van der Waals surface area contributed by atoms with Crippen LogP contribution in [0.4, 0.5) is 11.5 Å². The summed E-state index contributed by atoms with van der Waals surface area (Å²) in [4.78, 5) is 23.5. The fourth-order valence-corrected chi connectivity index (χ4v) is 4.50. The van der Waals surface area contributed by atoms with Gasteiger partial charge in [-0.2, -0.15) is 0 Å². The Kier molecular flexibility index (Phi) is 8.29. The summed E-state index contributed by atoms with van der Waals surface area (Å²) in [7, 11) is 3.89. The van der Waals surface area contributed by atoms with Gasteiger partial charge in [0.25, 0.3) is 0 Å². The Morgan fingerprint density at radius 2 is 1.70 bits per heavy atom. The molecule has 0 saturated carbocycles. The predicted octanol–water partition coefficient (Wildman–Crippen LogP) is 5.76. The van der Waals surface area contributed by atoms with Gasteiger partial charge in [0.2, 0.25) is 11.6 Å². The Morgan fingerprint density at radius 3 is 2.42 bits per heavy atom. The first-order valence-corrected chi connectivity index (χ1v) is 13.0. The van der Waals surface area contributed by atoms with Gasteiger partial charge in [-0.25, -0.2) is 9.97 Å². The van der Waals surface area contributed by atoms with Crippen LogP contribution in [0.1, 0.15) is 11.6 Å². The van der Waals surface area contributed by atoms with Crippen molar-refractivity contribution in [3.05, 3.63) is 109 Å². The topological polar surface area (TPSA) is 104 Å². The van der Waals surface area contributed by atoms with E-state index >= 15 is 0 Å². The number of carbonyl (C=O) groups is 1. The summed E-state index contributed by atoms with van der Waals surface area (Å²) < 4.78 is 6.34. The Morgan fingerprint density at radius 1 is 0.975 bits per heavy atom. The fraction of sp³-hybridized carbons (Fsp3) is 0.156. The number of amides is 1. The lowest BCUT2D eigenvalue weighted by Gasteiger charge is -2.18. The molecule has 2 heterocycles. The second kappa shape index (κ2) is 12.4. The number of likely N-dealkylation sites (N-methyl/N-ethyl adjacent to an activating group) is 1. The summed E-state index contributed by atoms with van der Waals surface area (Å²) in [5.74, 6) is 0.960. The SMILES string of the molecule is CN(C)C/C=C/C(=O)Nc1cccc(-c2c(-c3ccccc3)oc3ncnc(N[C@H](CO)c4ccccc4)c23)c1. The van der Waals surface area contributed by atoms with E-state index < -0.39 is 0 Å². The molecule has 0 aliphatic heterocycles. The third-order valence-electron chi connectivity index (χ3n) is 6.38. The number of hydrogen-bond donors (Lipinski definition) is 3. The number of benzene rings is 3. The molecule has 0 unspecified atom stereocenters. The summed E-state index contributed by atoms with van der Waals surface area (Å²) >= 11 is 0. The molecule has 0 spiro atoms. The molecule has 5 aromatic rings. The van der Waals surface area contributed by atoms with E-state index in [4.69, 9.17) is 4.42 Å². The second-order valence-corrected chi connectivity index (χ2v) is 9.60. The van der Waals surface area contributed by atoms with Crippen LogP contribution in [0.15, 0.2) is 108 Å². The van der Waals surface area contributed by atoms with Crippen LogP contribution in [0.3, 0.4) is 0 Å². The number of aliphatic hydroxyl groups is 1. The third kappa shape index (κ3) is 6.09. The van der Waals surface area contributed by atoms with Crippen molar-refractivity contribution < 1.29 is 14.3 Å². The largest absolute Gasteiger partial charge is 0.437 e. The Bertz CT molecular complexity index is 1610. The maximum absolute atomic E-state index is 12.5. The zero-order chi connectivity index (χ0) is 27.9. The minimum Gasteiger partial charge on any atom is -0.437 e. The van der Waals surface area contributed by atoms with E-state index in [1.165, 1.54) is 12.4 Å². The molecule has 0 aliphatic rings. The lowest BCUT2D eigenvalue weighted by Crippen LogP contribution is -2.16. The quantitative estimate of drug-likeness (QED) is 0.196. The van der Waals surface area contributed by atoms with E-state index in [1.54, 1.807) is 0 Å². The third-order valence-corrected chi connectivity index (χ3v) is 6.38. The minimum absolute atomic E-state index is 0.128. The number of nitrogens with one attached hydrogen (secondary N) is 2. The van der Waals surface area contributed by atoms with E-state index in [1.807, 2.05) is 110 Å². The van der Waals surface area contributed by atoms with Gasteiger partial charge in [0.1, 0.15) is 17.9 Å². The lowest BCUT2D eigenvalue weighted by molar-refractivity contribution is -0.111. The van der Waals surface area contributed by atoms with Crippen molar-refractivity contribution in [1.82, 2.24) is 14.9 Å². The molecule has 8 heteroatoms. The van der Waals surface area contributed by atoms with Crippen molar-refractivity contribution in [2.45, 2.75) is 6.04 Å². The van der Waals surface area contributed by atoms with E-state index in [9.17, 15) is 9.90 Å². The fourth-order valence-electron chi connectivity index (χ4n) is 4.50. The smallest absolute Gasteiger partial charge is 0.248 e. The molecule has 0 bridgehead atoms. The molecule has 2 aromatic heterocycles. The molecule has 1 amide bonds. The van der Waals surface area contributed by atoms with Gasteiger partial charge in [-0.3, -0.25) is 4.79 Å². The predicted molar refractivity (Wildman–Crippen MR) is 159 cm³/mol. The standard InChI is InChI=1S/C32H31N5O3/c1-37(2)18-10-17-27(39)35-25-16-9-15-24(19-25)28-29-31(36-26(20-38)22-11-5-3-6-12-22)33-21-34-32(29)40-30(28)23-13-7-4-8-14-23/h3-17,19,21,26,38H,18,20H2,1-2H3,(H,35,39)(H,33,34,36)/b17-10+/t26-/m1/s1. The molecule has 0 radical (unpaired) electrons. The van der Waals surface area contributed by atoms with Crippen molar-refractivity contribution in [2.75, 3.05) is 37.9 Å². The number of rotatable bonds is 10. The summed E-state index contributed by atoms with van der Waals surface area (Å²) in [6.07, 6.45) is 4.79. The van der Waals surface area contributed by atoms with Gasteiger partial charge in [-0.15, -0.1) is 0 Å². The number of anilines is 2. The minimum atomic E-state index is -0.387. The average molecular weight is 534 g/mol. The number of aliphatic hydroxyl groups excluding tert-OH is 1. The van der Waals surface area contributed by atoms with Crippen LogP contribution in [0.25, 0.3) is 33.6 Å². The van der Waals surface area contributed by atoms with Crippen LogP contribution < -0.4 is 10.6 Å². The van der Waals surface area contributed by atoms with Crippen LogP contribution >= 0.6 is 0 Å². The lowest BCUT2D eigenvalue weighted by atomic mass is 9.98. The van der Waals surface area contributed by atoms with Crippen molar-refractivity contribution in [2.24, 2.45) is 0 Å². The second-order valence-electron chi connectivity index (χ2n) is 9.60. The molecule has 1 atom stereocenters. The van der Waals surface area contributed by atoms with Gasteiger partial charge >= 0.3 is 0 Å². The average Bonchev–Trinajstić information content (AvgIpc) is 3.37. The summed E-state index contributed by atoms with van der Waals surface area (Å²) in [5.41, 5.74) is 4.48. The molecule has 0 saturated heterocycles. The maximum atomic E-state index is 12.5. The first-order valence-electron chi connectivity index (χ1n) is 13.0. The van der Waals surface area contributed by atoms with Gasteiger partial charge in [-0.05, 0) is 37.4 Å². The molecule has 0 aliphatic carbocycles. The Hall–Kier alpha value is -4.79. The van der Waals surface area contributed by atoms with E-state index in [0.29, 0.717) is 34.9 Å². The molecule has 5 rings (SSSR count). The number of fused-ring (bicyclic) bond motifs is 1. The highest BCUT2D eigenvalue weighted by Crippen LogP contribution is 2.43. The monoisotopic (exact) mass is 533 g/mol. The number of carbonyl (C=O) groups excluding carboxylic acids is 1. The van der Waals surface area contributed by atoms with Gasteiger partial charge in [0.15, 0.2) is 0 Å². The molecule has 202 valence electrons. The zero-order valence-corrected chi connectivity index (χ0v) is 22.4. The van der Waals surface area contributed by atoms with E-state index in [2.05, 4.69) is 20.6 Å². The first-order chi connectivity index (χ1) is 19.5. The number of nitrogens with zero attached hydrogens (tertiary/aromatic N) is 3. The van der Waals surface area contributed by atoms with E-state index in [-0.39, 0.29) is 18.6 Å². The van der Waals surface area contributed by atoms with E-state index in [0.717, 1.165) is 22.3 Å². The van der Waals surface area contributed by atoms with Crippen molar-refractivity contribution in [3.63, 3.8) is 0 Å². The van der Waals surface area contributed by atoms with Gasteiger partial charge < -0.3 is 25.1 Å². The molecular weight excluding hydrogens is 502 g/mol. The van der Waals surface area contributed by atoms with Gasteiger partial charge in [0.05, 0.1) is 18.0 Å². The van der Waals surface area contributed by atoms with Crippen molar-refractivity contribution >= 4 is 28.5 Å². The van der Waals surface area contributed by atoms with Gasteiger partial charge in [0, 0.05) is 29.4 Å². The van der Waals surface area contributed by atoms with Crippen LogP contribution in [0.2, 0.25) is 0 Å². The number of hydrogen-bond acceptors (Lipinski definition) is 7. The van der Waals surface area contributed by atoms with Crippen molar-refractivity contribution in [1.29, 1.82) is 0 Å². The molecule has 40 heavy (non-hydrogen) atoms. The number of furan rings is 1. The zero-order valence-electron chi connectivity index (χ0n) is 22.4. The molecule has 0 fully saturated rings. The summed E-state index contributed by atoms with van der Waals surface area (Å²) in [5, 5.41) is 17.2. The normalized spacial score (nSPS) is 12.2. The summed E-state index contributed by atoms with van der Waals surface area (Å²) in [6, 6.07) is 26.7. The summed E-state index contributed by atoms with van der Waals surface area (Å²) in [6.45, 7) is 0.541. The Labute approximate surface area is 233 Å². The van der Waals surface area contributed by atoms with Crippen LogP contribution in [-0.2, 0) is 4.79 Å². The maximum Gasteiger partial charge on any atom is 0.248 e. The highest BCUT2D eigenvalue weighted by Gasteiger charge is 2.24. The highest BCUT2D eigenvalue weighted by atomic mass is 16.3. The molecule has 3 aromatic carbocycles.